The predicted octanol–water partition coefficient (Wildman–Crippen LogP) is 3.28. The number of nitro groups is 2. The second kappa shape index (κ2) is 9.78. The van der Waals surface area contributed by atoms with Crippen molar-refractivity contribution in [2.75, 3.05) is 12.0 Å². The Bertz CT molecular complexity index is 926. The van der Waals surface area contributed by atoms with Crippen molar-refractivity contribution >= 4 is 29.2 Å². The highest BCUT2D eigenvalue weighted by molar-refractivity contribution is 5.81. The van der Waals surface area contributed by atoms with Crippen molar-refractivity contribution in [2.45, 2.75) is 20.0 Å². The van der Waals surface area contributed by atoms with Crippen LogP contribution >= 0.6 is 0 Å². The summed E-state index contributed by atoms with van der Waals surface area (Å²) in [6, 6.07) is 9.78. The van der Waals surface area contributed by atoms with E-state index in [0.717, 1.165) is 12.1 Å². The summed E-state index contributed by atoms with van der Waals surface area (Å²) in [4.78, 5) is 31.8. The van der Waals surface area contributed by atoms with Crippen LogP contribution in [0.15, 0.2) is 47.6 Å². The van der Waals surface area contributed by atoms with Crippen molar-refractivity contribution in [1.82, 2.24) is 0 Å². The molecule has 0 saturated heterocycles. The summed E-state index contributed by atoms with van der Waals surface area (Å²) in [7, 11) is 0. The number of benzene rings is 2. The molecule has 0 fully saturated rings. The first-order valence-electron chi connectivity index (χ1n) is 8.40. The number of esters is 1. The number of anilines is 1. The van der Waals surface area contributed by atoms with E-state index >= 15 is 0 Å². The summed E-state index contributed by atoms with van der Waals surface area (Å²) in [5.74, 6) is -0.0126. The minimum atomic E-state index is -0.735. The zero-order chi connectivity index (χ0) is 21.4. The molecule has 0 bridgehead atoms. The Morgan fingerprint density at radius 3 is 2.41 bits per heavy atom. The van der Waals surface area contributed by atoms with Gasteiger partial charge in [0.15, 0.2) is 6.61 Å². The number of non-ortho nitro benzene ring substituents is 1. The number of hydrogen-bond donors (Lipinski definition) is 1. The molecule has 11 nitrogen and oxygen atoms in total. The van der Waals surface area contributed by atoms with E-state index in [9.17, 15) is 25.0 Å². The molecule has 0 aliphatic rings. The molecule has 0 aliphatic heterocycles. The van der Waals surface area contributed by atoms with Crippen molar-refractivity contribution < 1.29 is 24.1 Å². The molecule has 2 aromatic carbocycles. The summed E-state index contributed by atoms with van der Waals surface area (Å²) >= 11 is 0. The van der Waals surface area contributed by atoms with Gasteiger partial charge in [-0.1, -0.05) is 0 Å². The Labute approximate surface area is 165 Å². The van der Waals surface area contributed by atoms with Crippen LogP contribution in [-0.4, -0.2) is 34.7 Å². The van der Waals surface area contributed by atoms with Gasteiger partial charge in [0.05, 0.1) is 28.2 Å². The van der Waals surface area contributed by atoms with E-state index in [0.29, 0.717) is 11.3 Å². The molecule has 11 heteroatoms. The van der Waals surface area contributed by atoms with E-state index in [-0.39, 0.29) is 24.1 Å². The van der Waals surface area contributed by atoms with Crippen molar-refractivity contribution in [1.29, 1.82) is 0 Å². The molecule has 0 aliphatic carbocycles. The molecule has 29 heavy (non-hydrogen) atoms. The zero-order valence-corrected chi connectivity index (χ0v) is 15.6. The number of rotatable bonds is 9. The lowest BCUT2D eigenvalue weighted by Gasteiger charge is -2.09. The first-order valence-corrected chi connectivity index (χ1v) is 8.40. The molecular formula is C18H18N4O7. The summed E-state index contributed by atoms with van der Waals surface area (Å²) in [6.45, 7) is 3.27. The average Bonchev–Trinajstić information content (AvgIpc) is 2.66. The third-order valence-corrected chi connectivity index (χ3v) is 3.39. The van der Waals surface area contributed by atoms with Crippen LogP contribution in [0.25, 0.3) is 0 Å². The zero-order valence-electron chi connectivity index (χ0n) is 15.6. The quantitative estimate of drug-likeness (QED) is 0.291. The number of hydrazone groups is 1. The van der Waals surface area contributed by atoms with Gasteiger partial charge in [-0.05, 0) is 49.7 Å². The molecular weight excluding hydrogens is 384 g/mol. The topological polar surface area (TPSA) is 146 Å². The van der Waals surface area contributed by atoms with Crippen LogP contribution in [0, 0.1) is 20.2 Å². The molecule has 0 unspecified atom stereocenters. The third-order valence-electron chi connectivity index (χ3n) is 3.39. The summed E-state index contributed by atoms with van der Waals surface area (Å²) < 4.78 is 10.3. The number of ether oxygens (including phenoxy) is 2. The Morgan fingerprint density at radius 2 is 1.83 bits per heavy atom. The van der Waals surface area contributed by atoms with Crippen LogP contribution in [0.3, 0.4) is 0 Å². The normalized spacial score (nSPS) is 10.7. The Morgan fingerprint density at radius 1 is 1.14 bits per heavy atom. The highest BCUT2D eigenvalue weighted by atomic mass is 16.6. The lowest BCUT2D eigenvalue weighted by atomic mass is 10.2. The molecule has 0 saturated carbocycles. The number of nitrogens with zero attached hydrogens (tertiary/aromatic N) is 3. The summed E-state index contributed by atoms with van der Waals surface area (Å²) in [6.07, 6.45) is 1.19. The van der Waals surface area contributed by atoms with Crippen LogP contribution in [-0.2, 0) is 9.53 Å². The van der Waals surface area contributed by atoms with Gasteiger partial charge in [0.1, 0.15) is 11.4 Å². The van der Waals surface area contributed by atoms with E-state index in [1.165, 1.54) is 12.3 Å². The fourth-order valence-electron chi connectivity index (χ4n) is 2.14. The molecule has 0 atom stereocenters. The van der Waals surface area contributed by atoms with Gasteiger partial charge < -0.3 is 9.47 Å². The lowest BCUT2D eigenvalue weighted by Crippen LogP contribution is -2.18. The maximum absolute atomic E-state index is 11.4. The highest BCUT2D eigenvalue weighted by Crippen LogP contribution is 2.28. The predicted molar refractivity (Wildman–Crippen MR) is 104 cm³/mol. The maximum atomic E-state index is 11.4. The fourth-order valence-corrected chi connectivity index (χ4v) is 2.14. The average molecular weight is 402 g/mol. The third kappa shape index (κ3) is 6.57. The van der Waals surface area contributed by atoms with Crippen LogP contribution in [0.5, 0.6) is 5.75 Å². The Kier molecular flexibility index (Phi) is 7.18. The summed E-state index contributed by atoms with van der Waals surface area (Å²) in [5.41, 5.74) is 2.31. The van der Waals surface area contributed by atoms with Crippen LogP contribution in [0.4, 0.5) is 17.1 Å². The van der Waals surface area contributed by atoms with E-state index in [1.54, 1.807) is 38.1 Å². The van der Waals surface area contributed by atoms with E-state index in [4.69, 9.17) is 9.47 Å². The standard InChI is InChI=1S/C18H18N4O7/c1-12(2)29-18(23)11-28-15-6-3-13(4-7-15)10-19-20-16-8-5-14(21(24)25)9-17(16)22(26)27/h3-10,12,20H,11H2,1-2H3. The van der Waals surface area contributed by atoms with Crippen LogP contribution in [0.1, 0.15) is 19.4 Å². The van der Waals surface area contributed by atoms with Crippen molar-refractivity contribution in [3.63, 3.8) is 0 Å². The molecule has 0 radical (unpaired) electrons. The number of hydrogen-bond acceptors (Lipinski definition) is 9. The fraction of sp³-hybridized carbons (Fsp3) is 0.222. The van der Waals surface area contributed by atoms with Crippen molar-refractivity contribution in [3.8, 4) is 5.75 Å². The van der Waals surface area contributed by atoms with Crippen molar-refractivity contribution in [3.05, 3.63) is 68.3 Å². The van der Waals surface area contributed by atoms with Crippen LogP contribution < -0.4 is 10.2 Å². The molecule has 152 valence electrons. The molecule has 0 aromatic heterocycles. The maximum Gasteiger partial charge on any atom is 0.344 e. The molecule has 0 heterocycles. The molecule has 2 aromatic rings. The SMILES string of the molecule is CC(C)OC(=O)COc1ccc(C=NNc2ccc([N+](=O)[O-])cc2[N+](=O)[O-])cc1. The molecule has 1 N–H and O–H groups in total. The molecule has 0 spiro atoms. The monoisotopic (exact) mass is 402 g/mol. The van der Waals surface area contributed by atoms with E-state index < -0.39 is 21.5 Å². The van der Waals surface area contributed by atoms with Crippen LogP contribution in [0.2, 0.25) is 0 Å². The molecule has 0 amide bonds. The van der Waals surface area contributed by atoms with Gasteiger partial charge in [-0.25, -0.2) is 4.79 Å². The first kappa shape index (κ1) is 21.3. The van der Waals surface area contributed by atoms with Gasteiger partial charge in [0.25, 0.3) is 5.69 Å². The van der Waals surface area contributed by atoms with Gasteiger partial charge in [0, 0.05) is 6.07 Å². The minimum Gasteiger partial charge on any atom is -0.482 e. The first-order chi connectivity index (χ1) is 13.8. The Balaban J connectivity index is 1.98. The second-order valence-corrected chi connectivity index (χ2v) is 5.98. The van der Waals surface area contributed by atoms with Gasteiger partial charge in [0.2, 0.25) is 0 Å². The van der Waals surface area contributed by atoms with Gasteiger partial charge in [-0.3, -0.25) is 25.7 Å². The second-order valence-electron chi connectivity index (χ2n) is 5.98. The number of nitro benzene ring substituents is 2. The highest BCUT2D eigenvalue weighted by Gasteiger charge is 2.19. The Hall–Kier alpha value is -4.02. The van der Waals surface area contributed by atoms with Gasteiger partial charge >= 0.3 is 11.7 Å². The number of carbonyl (C=O) groups is 1. The largest absolute Gasteiger partial charge is 0.482 e. The van der Waals surface area contributed by atoms with E-state index in [1.807, 2.05) is 0 Å². The smallest absolute Gasteiger partial charge is 0.344 e. The van der Waals surface area contributed by atoms with Crippen molar-refractivity contribution in [2.24, 2.45) is 5.10 Å². The lowest BCUT2D eigenvalue weighted by molar-refractivity contribution is -0.393. The molecule has 2 rings (SSSR count). The summed E-state index contributed by atoms with van der Waals surface area (Å²) in [5, 5.41) is 25.7. The van der Waals surface area contributed by atoms with Gasteiger partial charge in [-0.15, -0.1) is 0 Å². The number of carbonyl (C=O) groups excluding carboxylic acids is 1. The number of nitrogens with one attached hydrogen (secondary N) is 1. The van der Waals surface area contributed by atoms with Gasteiger partial charge in [-0.2, -0.15) is 5.10 Å². The minimum absolute atomic E-state index is 0.0143. The van der Waals surface area contributed by atoms with E-state index in [2.05, 4.69) is 10.5 Å².